The zero-order valence-corrected chi connectivity index (χ0v) is 9.87. The van der Waals surface area contributed by atoms with Crippen molar-refractivity contribution in [1.29, 1.82) is 0 Å². The van der Waals surface area contributed by atoms with Gasteiger partial charge in [0.15, 0.2) is 0 Å². The fourth-order valence-corrected chi connectivity index (χ4v) is 3.07. The summed E-state index contributed by atoms with van der Waals surface area (Å²) in [4.78, 5) is 0.219. The standard InChI is InChI=1S/C12H15O3S/c13-16(14,12-9-5-2-6-10-12)15-11-7-3-1-4-8-11/h5-6,9-11H,1,3-4,7-8H2. The van der Waals surface area contributed by atoms with Crippen LogP contribution in [0.3, 0.4) is 0 Å². The fourth-order valence-electron chi connectivity index (χ4n) is 1.93. The molecule has 16 heavy (non-hydrogen) atoms. The Morgan fingerprint density at radius 3 is 2.38 bits per heavy atom. The van der Waals surface area contributed by atoms with Crippen LogP contribution in [-0.4, -0.2) is 14.5 Å². The van der Waals surface area contributed by atoms with Gasteiger partial charge in [0.05, 0.1) is 11.0 Å². The number of benzene rings is 1. The van der Waals surface area contributed by atoms with Crippen LogP contribution in [0, 0.1) is 6.07 Å². The molecule has 1 radical (unpaired) electrons. The molecule has 0 aliphatic heterocycles. The summed E-state index contributed by atoms with van der Waals surface area (Å²) in [5.74, 6) is 0. The van der Waals surface area contributed by atoms with Gasteiger partial charge in [0.1, 0.15) is 0 Å². The van der Waals surface area contributed by atoms with Crippen molar-refractivity contribution in [2.45, 2.75) is 43.1 Å². The van der Waals surface area contributed by atoms with Gasteiger partial charge in [-0.1, -0.05) is 31.4 Å². The highest BCUT2D eigenvalue weighted by molar-refractivity contribution is 7.86. The van der Waals surface area contributed by atoms with Crippen LogP contribution < -0.4 is 0 Å². The molecule has 0 bridgehead atoms. The van der Waals surface area contributed by atoms with E-state index in [0.29, 0.717) is 0 Å². The largest absolute Gasteiger partial charge is 0.297 e. The van der Waals surface area contributed by atoms with Crippen LogP contribution in [0.25, 0.3) is 0 Å². The minimum Gasteiger partial charge on any atom is -0.263 e. The lowest BCUT2D eigenvalue weighted by molar-refractivity contribution is 0.162. The van der Waals surface area contributed by atoms with Gasteiger partial charge in [-0.15, -0.1) is 0 Å². The third kappa shape index (κ3) is 2.83. The number of rotatable bonds is 3. The Balaban J connectivity index is 2.08. The summed E-state index contributed by atoms with van der Waals surface area (Å²) in [6.07, 6.45) is 4.85. The van der Waals surface area contributed by atoms with Crippen molar-refractivity contribution in [3.8, 4) is 0 Å². The molecule has 0 spiro atoms. The predicted octanol–water partition coefficient (Wildman–Crippen LogP) is 2.52. The average Bonchev–Trinajstić information content (AvgIpc) is 2.31. The Bertz CT molecular complexity index is 419. The van der Waals surface area contributed by atoms with Crippen LogP contribution in [-0.2, 0) is 14.3 Å². The van der Waals surface area contributed by atoms with Crippen LogP contribution in [0.15, 0.2) is 29.2 Å². The quantitative estimate of drug-likeness (QED) is 0.761. The smallest absolute Gasteiger partial charge is 0.263 e. The van der Waals surface area contributed by atoms with Crippen molar-refractivity contribution in [3.05, 3.63) is 30.3 Å². The normalized spacial score (nSPS) is 18.5. The molecule has 2 rings (SSSR count). The third-order valence-electron chi connectivity index (χ3n) is 2.79. The van der Waals surface area contributed by atoms with Crippen molar-refractivity contribution in [2.24, 2.45) is 0 Å². The zero-order valence-electron chi connectivity index (χ0n) is 9.06. The number of hydrogen-bond donors (Lipinski definition) is 0. The highest BCUT2D eigenvalue weighted by atomic mass is 32.2. The zero-order chi connectivity index (χ0) is 11.4. The van der Waals surface area contributed by atoms with E-state index in [-0.39, 0.29) is 11.0 Å². The van der Waals surface area contributed by atoms with Crippen molar-refractivity contribution >= 4 is 10.1 Å². The molecular formula is C12H15O3S. The first kappa shape index (κ1) is 11.6. The minimum absolute atomic E-state index is 0.136. The molecule has 0 atom stereocenters. The lowest BCUT2D eigenvalue weighted by Crippen LogP contribution is -2.21. The van der Waals surface area contributed by atoms with Gasteiger partial charge in [-0.25, -0.2) is 0 Å². The summed E-state index contributed by atoms with van der Waals surface area (Å²) in [6.45, 7) is 0. The molecule has 0 N–H and O–H groups in total. The molecule has 3 nitrogen and oxygen atoms in total. The molecule has 1 aromatic carbocycles. The molecule has 87 valence electrons. The SMILES string of the molecule is O=S(=O)(OC1CCCCC1)c1cc[c]cc1. The van der Waals surface area contributed by atoms with Gasteiger partial charge in [-0.05, 0) is 31.0 Å². The van der Waals surface area contributed by atoms with Gasteiger partial charge in [0.25, 0.3) is 10.1 Å². The molecule has 0 saturated heterocycles. The fraction of sp³-hybridized carbons (Fsp3) is 0.500. The minimum atomic E-state index is -3.58. The van der Waals surface area contributed by atoms with Crippen molar-refractivity contribution < 1.29 is 12.6 Å². The predicted molar refractivity (Wildman–Crippen MR) is 60.4 cm³/mol. The molecule has 1 aromatic rings. The monoisotopic (exact) mass is 239 g/mol. The molecule has 0 amide bonds. The summed E-state index contributed by atoms with van der Waals surface area (Å²) in [7, 11) is -3.58. The molecule has 0 unspecified atom stereocenters. The second-order valence-electron chi connectivity index (χ2n) is 4.05. The van der Waals surface area contributed by atoms with E-state index in [2.05, 4.69) is 6.07 Å². The lowest BCUT2D eigenvalue weighted by atomic mass is 9.98. The summed E-state index contributed by atoms with van der Waals surface area (Å²) >= 11 is 0. The van der Waals surface area contributed by atoms with E-state index in [0.717, 1.165) is 25.7 Å². The van der Waals surface area contributed by atoms with Gasteiger partial charge < -0.3 is 0 Å². The first-order valence-electron chi connectivity index (χ1n) is 5.58. The van der Waals surface area contributed by atoms with E-state index in [1.165, 1.54) is 18.6 Å². The van der Waals surface area contributed by atoms with Gasteiger partial charge in [0, 0.05) is 0 Å². The maximum absolute atomic E-state index is 11.9. The second-order valence-corrected chi connectivity index (χ2v) is 5.62. The Hall–Kier alpha value is -0.870. The highest BCUT2D eigenvalue weighted by Gasteiger charge is 2.22. The van der Waals surface area contributed by atoms with Gasteiger partial charge >= 0.3 is 0 Å². The van der Waals surface area contributed by atoms with E-state index < -0.39 is 10.1 Å². The summed E-state index contributed by atoms with van der Waals surface area (Å²) in [5, 5.41) is 0. The number of hydrogen-bond acceptors (Lipinski definition) is 3. The summed E-state index contributed by atoms with van der Waals surface area (Å²) < 4.78 is 29.0. The maximum atomic E-state index is 11.9. The summed E-state index contributed by atoms with van der Waals surface area (Å²) in [6, 6.07) is 8.97. The molecule has 1 aliphatic carbocycles. The van der Waals surface area contributed by atoms with Crippen LogP contribution >= 0.6 is 0 Å². The Labute approximate surface area is 96.6 Å². The van der Waals surface area contributed by atoms with Crippen molar-refractivity contribution in [3.63, 3.8) is 0 Å². The van der Waals surface area contributed by atoms with E-state index in [1.54, 1.807) is 12.1 Å². The van der Waals surface area contributed by atoms with Gasteiger partial charge in [-0.3, -0.25) is 4.18 Å². The molecule has 1 fully saturated rings. The lowest BCUT2D eigenvalue weighted by Gasteiger charge is -2.21. The first-order chi connectivity index (χ1) is 7.68. The second kappa shape index (κ2) is 4.97. The van der Waals surface area contributed by atoms with Crippen LogP contribution in [0.2, 0.25) is 0 Å². The molecular weight excluding hydrogens is 224 g/mol. The van der Waals surface area contributed by atoms with Crippen LogP contribution in [0.1, 0.15) is 32.1 Å². The Morgan fingerprint density at radius 1 is 1.12 bits per heavy atom. The Kier molecular flexibility index (Phi) is 3.61. The van der Waals surface area contributed by atoms with E-state index >= 15 is 0 Å². The molecule has 0 aromatic heterocycles. The van der Waals surface area contributed by atoms with E-state index in [9.17, 15) is 8.42 Å². The van der Waals surface area contributed by atoms with E-state index in [1.807, 2.05) is 0 Å². The van der Waals surface area contributed by atoms with Crippen molar-refractivity contribution in [2.75, 3.05) is 0 Å². The van der Waals surface area contributed by atoms with E-state index in [4.69, 9.17) is 4.18 Å². The molecule has 1 aliphatic rings. The highest BCUT2D eigenvalue weighted by Crippen LogP contribution is 2.24. The topological polar surface area (TPSA) is 43.4 Å². The first-order valence-corrected chi connectivity index (χ1v) is 6.99. The molecule has 1 saturated carbocycles. The van der Waals surface area contributed by atoms with Crippen molar-refractivity contribution in [1.82, 2.24) is 0 Å². The van der Waals surface area contributed by atoms with Gasteiger partial charge in [0.2, 0.25) is 0 Å². The summed E-state index contributed by atoms with van der Waals surface area (Å²) in [5.41, 5.74) is 0. The van der Waals surface area contributed by atoms with Crippen LogP contribution in [0.4, 0.5) is 0 Å². The van der Waals surface area contributed by atoms with Crippen LogP contribution in [0.5, 0.6) is 0 Å². The molecule has 4 heteroatoms. The molecule has 0 heterocycles. The average molecular weight is 239 g/mol. The Morgan fingerprint density at radius 2 is 1.75 bits per heavy atom. The third-order valence-corrected chi connectivity index (χ3v) is 4.17. The maximum Gasteiger partial charge on any atom is 0.297 e. The van der Waals surface area contributed by atoms with Gasteiger partial charge in [-0.2, -0.15) is 8.42 Å².